The van der Waals surface area contributed by atoms with Crippen molar-refractivity contribution in [3.05, 3.63) is 0 Å². The summed E-state index contributed by atoms with van der Waals surface area (Å²) in [7, 11) is 0. The quantitative estimate of drug-likeness (QED) is 0.281. The van der Waals surface area contributed by atoms with Crippen molar-refractivity contribution in [2.45, 2.75) is 42.9 Å². The van der Waals surface area contributed by atoms with Crippen molar-refractivity contribution in [3.8, 4) is 0 Å². The van der Waals surface area contributed by atoms with E-state index in [1.807, 2.05) is 0 Å². The molecule has 0 aliphatic carbocycles. The Balaban J connectivity index is 2.25. The monoisotopic (exact) mass is 175 g/mol. The molecule has 0 aromatic heterocycles. The second kappa shape index (κ2) is 2.40. The van der Waals surface area contributed by atoms with E-state index in [0.29, 0.717) is 12.8 Å². The molecule has 5 heteroatoms. The van der Waals surface area contributed by atoms with Crippen LogP contribution in [0.5, 0.6) is 0 Å². The van der Waals surface area contributed by atoms with E-state index in [1.54, 1.807) is 0 Å². The minimum absolute atomic E-state index is 0.298. The van der Waals surface area contributed by atoms with Crippen molar-refractivity contribution in [1.82, 2.24) is 5.32 Å². The summed E-state index contributed by atoms with van der Waals surface area (Å²) in [5.41, 5.74) is -1.40. The maximum atomic E-state index is 9.65. The Hall–Kier alpha value is -0.200. The fourth-order valence-electron chi connectivity index (χ4n) is 2.04. The number of aliphatic hydroxyl groups excluding tert-OH is 3. The van der Waals surface area contributed by atoms with E-state index in [9.17, 15) is 20.4 Å². The molecule has 5 atom stereocenters. The van der Waals surface area contributed by atoms with Gasteiger partial charge in [0.2, 0.25) is 0 Å². The van der Waals surface area contributed by atoms with Gasteiger partial charge in [-0.25, -0.2) is 0 Å². The van der Waals surface area contributed by atoms with E-state index in [4.69, 9.17) is 0 Å². The zero-order chi connectivity index (χ0) is 8.93. The van der Waals surface area contributed by atoms with Crippen LogP contribution < -0.4 is 5.32 Å². The maximum absolute atomic E-state index is 9.65. The summed E-state index contributed by atoms with van der Waals surface area (Å²) in [5, 5.41) is 40.4. The van der Waals surface area contributed by atoms with Crippen LogP contribution in [0.25, 0.3) is 0 Å². The lowest BCUT2D eigenvalue weighted by Crippen LogP contribution is -2.67. The van der Waals surface area contributed by atoms with Crippen LogP contribution >= 0.6 is 0 Å². The Morgan fingerprint density at radius 3 is 2.50 bits per heavy atom. The third kappa shape index (κ3) is 0.915. The molecule has 0 aromatic carbocycles. The standard InChI is InChI=1S/C7H13NO4/c9-4-3-1-2-7(12,8-3)6(11)5(4)10/h3-6,8-12H,1-2H2/t3?,4-,5+,6+,7-/m1/s1. The number of nitrogens with one attached hydrogen (secondary N) is 1. The van der Waals surface area contributed by atoms with Crippen molar-refractivity contribution in [2.75, 3.05) is 0 Å². The first-order valence-corrected chi connectivity index (χ1v) is 4.09. The molecule has 70 valence electrons. The average Bonchev–Trinajstić information content (AvgIpc) is 2.41. The second-order valence-electron chi connectivity index (χ2n) is 3.64. The van der Waals surface area contributed by atoms with Crippen LogP contribution in [0.3, 0.4) is 0 Å². The van der Waals surface area contributed by atoms with Gasteiger partial charge in [-0.15, -0.1) is 0 Å². The smallest absolute Gasteiger partial charge is 0.145 e. The third-order valence-corrected chi connectivity index (χ3v) is 2.85. The molecule has 0 radical (unpaired) electrons. The van der Waals surface area contributed by atoms with Crippen molar-refractivity contribution in [2.24, 2.45) is 0 Å². The summed E-state index contributed by atoms with van der Waals surface area (Å²) in [6.07, 6.45) is -2.59. The summed E-state index contributed by atoms with van der Waals surface area (Å²) in [6.45, 7) is 0. The molecule has 2 heterocycles. The van der Waals surface area contributed by atoms with E-state index in [2.05, 4.69) is 5.32 Å². The van der Waals surface area contributed by atoms with Crippen molar-refractivity contribution >= 4 is 0 Å². The zero-order valence-electron chi connectivity index (χ0n) is 6.51. The summed E-state index contributed by atoms with van der Waals surface area (Å²) in [5.74, 6) is 0. The molecule has 0 spiro atoms. The van der Waals surface area contributed by atoms with Crippen molar-refractivity contribution in [1.29, 1.82) is 0 Å². The second-order valence-corrected chi connectivity index (χ2v) is 3.64. The molecular formula is C7H13NO4. The highest BCUT2D eigenvalue weighted by Crippen LogP contribution is 2.34. The highest BCUT2D eigenvalue weighted by atomic mass is 16.4. The third-order valence-electron chi connectivity index (χ3n) is 2.85. The van der Waals surface area contributed by atoms with Crippen LogP contribution in [0.1, 0.15) is 12.8 Å². The highest BCUT2D eigenvalue weighted by Gasteiger charge is 2.55. The van der Waals surface area contributed by atoms with Crippen LogP contribution in [0.15, 0.2) is 0 Å². The maximum Gasteiger partial charge on any atom is 0.145 e. The van der Waals surface area contributed by atoms with Gasteiger partial charge in [0.05, 0.1) is 6.10 Å². The van der Waals surface area contributed by atoms with E-state index in [1.165, 1.54) is 0 Å². The number of fused-ring (bicyclic) bond motifs is 2. The molecule has 2 aliphatic rings. The molecule has 5 N–H and O–H groups in total. The van der Waals surface area contributed by atoms with Gasteiger partial charge in [0.1, 0.15) is 17.9 Å². The van der Waals surface area contributed by atoms with Gasteiger partial charge in [0.15, 0.2) is 0 Å². The van der Waals surface area contributed by atoms with E-state index < -0.39 is 24.0 Å². The van der Waals surface area contributed by atoms with Gasteiger partial charge in [-0.2, -0.15) is 0 Å². The Kier molecular flexibility index (Phi) is 1.68. The van der Waals surface area contributed by atoms with Gasteiger partial charge in [-0.05, 0) is 12.8 Å². The van der Waals surface area contributed by atoms with Crippen LogP contribution in [0.4, 0.5) is 0 Å². The summed E-state index contributed by atoms with van der Waals surface area (Å²) < 4.78 is 0. The molecule has 5 nitrogen and oxygen atoms in total. The number of hydrogen-bond acceptors (Lipinski definition) is 5. The van der Waals surface area contributed by atoms with E-state index in [-0.39, 0.29) is 6.04 Å². The van der Waals surface area contributed by atoms with Gasteiger partial charge >= 0.3 is 0 Å². The minimum Gasteiger partial charge on any atom is -0.389 e. The van der Waals surface area contributed by atoms with Gasteiger partial charge in [-0.3, -0.25) is 5.32 Å². The van der Waals surface area contributed by atoms with Crippen LogP contribution in [0.2, 0.25) is 0 Å². The molecule has 2 fully saturated rings. The summed E-state index contributed by atoms with van der Waals surface area (Å²) in [6, 6.07) is -0.298. The lowest BCUT2D eigenvalue weighted by molar-refractivity contribution is -0.186. The van der Waals surface area contributed by atoms with Crippen LogP contribution in [-0.4, -0.2) is 50.5 Å². The molecular weight excluding hydrogens is 162 g/mol. The lowest BCUT2D eigenvalue weighted by Gasteiger charge is -2.40. The Labute approximate surface area is 69.6 Å². The predicted molar refractivity (Wildman–Crippen MR) is 39.1 cm³/mol. The summed E-state index contributed by atoms with van der Waals surface area (Å²) in [4.78, 5) is 0. The SMILES string of the molecule is O[C@H]1[C@H](O)C2CC[C@](O)(N2)[C@H]1O. The average molecular weight is 175 g/mol. The molecule has 2 aliphatic heterocycles. The zero-order valence-corrected chi connectivity index (χ0v) is 6.51. The van der Waals surface area contributed by atoms with Gasteiger partial charge < -0.3 is 20.4 Å². The first kappa shape index (κ1) is 8.40. The molecule has 12 heavy (non-hydrogen) atoms. The number of aliphatic hydroxyl groups is 4. The molecule has 0 aromatic rings. The van der Waals surface area contributed by atoms with Gasteiger partial charge in [0, 0.05) is 6.04 Å². The molecule has 2 saturated heterocycles. The van der Waals surface area contributed by atoms with Crippen molar-refractivity contribution < 1.29 is 20.4 Å². The highest BCUT2D eigenvalue weighted by molar-refractivity contribution is 5.07. The normalized spacial score (nSPS) is 59.0. The number of hydrogen-bond donors (Lipinski definition) is 5. The van der Waals surface area contributed by atoms with Crippen LogP contribution in [-0.2, 0) is 0 Å². The van der Waals surface area contributed by atoms with E-state index in [0.717, 1.165) is 0 Å². The number of rotatable bonds is 0. The molecule has 2 rings (SSSR count). The van der Waals surface area contributed by atoms with Crippen LogP contribution in [0, 0.1) is 0 Å². The topological polar surface area (TPSA) is 93.0 Å². The fraction of sp³-hybridized carbons (Fsp3) is 1.00. The fourth-order valence-corrected chi connectivity index (χ4v) is 2.04. The van der Waals surface area contributed by atoms with Gasteiger partial charge in [0.25, 0.3) is 0 Å². The number of piperidine rings is 1. The first-order chi connectivity index (χ1) is 5.54. The molecule has 0 amide bonds. The predicted octanol–water partition coefficient (Wildman–Crippen LogP) is -2.48. The molecule has 0 saturated carbocycles. The lowest BCUT2D eigenvalue weighted by atomic mass is 9.94. The summed E-state index contributed by atoms with van der Waals surface area (Å²) >= 11 is 0. The Morgan fingerprint density at radius 2 is 1.83 bits per heavy atom. The molecule has 1 unspecified atom stereocenters. The van der Waals surface area contributed by atoms with Crippen molar-refractivity contribution in [3.63, 3.8) is 0 Å². The molecule has 2 bridgehead atoms. The van der Waals surface area contributed by atoms with E-state index >= 15 is 0 Å². The Morgan fingerprint density at radius 1 is 1.17 bits per heavy atom. The Bertz CT molecular complexity index is 200. The first-order valence-electron chi connectivity index (χ1n) is 4.09. The van der Waals surface area contributed by atoms with Gasteiger partial charge in [-0.1, -0.05) is 0 Å². The minimum atomic E-state index is -1.40. The largest absolute Gasteiger partial charge is 0.389 e.